The number of aliphatic hydroxyl groups excluding tert-OH is 1. The number of aryl methyl sites for hydroxylation is 1. The molecule has 0 saturated heterocycles. The first-order valence-corrected chi connectivity index (χ1v) is 6.38. The van der Waals surface area contributed by atoms with Gasteiger partial charge in [-0.1, -0.05) is 0 Å². The number of anilines is 1. The number of hydrogen-bond donors (Lipinski definition) is 1. The summed E-state index contributed by atoms with van der Waals surface area (Å²) in [6.07, 6.45) is 4.89. The number of unbranched alkanes of at least 4 members (excludes halogenated alkanes) is 2. The molecule has 0 fully saturated rings. The lowest BCUT2D eigenvalue weighted by Gasteiger charge is -2.18. The first-order valence-electron chi connectivity index (χ1n) is 5.59. The molecule has 0 aromatic carbocycles. The smallest absolute Gasteiger partial charge is 0.128 e. The molecular weight excluding hydrogens is 268 g/mol. The number of rotatable bonds is 6. The van der Waals surface area contributed by atoms with E-state index in [4.69, 9.17) is 5.11 Å². The monoisotopic (exact) mass is 286 g/mol. The Balaban J connectivity index is 2.46. The lowest BCUT2D eigenvalue weighted by atomic mass is 10.2. The molecule has 1 N–H and O–H groups in total. The number of pyridine rings is 1. The largest absolute Gasteiger partial charge is 0.396 e. The second kappa shape index (κ2) is 6.86. The first-order chi connectivity index (χ1) is 7.65. The number of aromatic nitrogens is 1. The average Bonchev–Trinajstić information content (AvgIpc) is 2.28. The third-order valence-electron chi connectivity index (χ3n) is 2.58. The quantitative estimate of drug-likeness (QED) is 0.817. The van der Waals surface area contributed by atoms with E-state index in [1.807, 2.05) is 6.20 Å². The molecule has 0 aliphatic rings. The molecule has 0 saturated carbocycles. The van der Waals surface area contributed by atoms with Gasteiger partial charge in [0.15, 0.2) is 0 Å². The van der Waals surface area contributed by atoms with Gasteiger partial charge in [-0.3, -0.25) is 0 Å². The molecule has 0 spiro atoms. The molecule has 0 amide bonds. The van der Waals surface area contributed by atoms with E-state index in [2.05, 4.69) is 45.9 Å². The minimum atomic E-state index is 0.291. The minimum absolute atomic E-state index is 0.291. The van der Waals surface area contributed by atoms with Crippen LogP contribution in [0, 0.1) is 6.92 Å². The van der Waals surface area contributed by atoms with E-state index < -0.39 is 0 Å². The van der Waals surface area contributed by atoms with Gasteiger partial charge in [0.2, 0.25) is 0 Å². The maximum Gasteiger partial charge on any atom is 0.128 e. The van der Waals surface area contributed by atoms with E-state index in [9.17, 15) is 0 Å². The van der Waals surface area contributed by atoms with Crippen molar-refractivity contribution in [2.24, 2.45) is 0 Å². The Morgan fingerprint density at radius 3 is 2.75 bits per heavy atom. The molecule has 90 valence electrons. The van der Waals surface area contributed by atoms with Crippen LogP contribution in [0.5, 0.6) is 0 Å². The van der Waals surface area contributed by atoms with Gasteiger partial charge in [-0.05, 0) is 53.7 Å². The molecule has 0 aliphatic carbocycles. The van der Waals surface area contributed by atoms with Crippen LogP contribution in [0.25, 0.3) is 0 Å². The van der Waals surface area contributed by atoms with Crippen molar-refractivity contribution in [3.63, 3.8) is 0 Å². The lowest BCUT2D eigenvalue weighted by molar-refractivity contribution is 0.283. The van der Waals surface area contributed by atoms with Crippen molar-refractivity contribution in [3.05, 3.63) is 22.3 Å². The van der Waals surface area contributed by atoms with E-state index in [1.54, 1.807) is 0 Å². The number of nitrogens with zero attached hydrogens (tertiary/aromatic N) is 2. The summed E-state index contributed by atoms with van der Waals surface area (Å²) in [7, 11) is 2.05. The summed E-state index contributed by atoms with van der Waals surface area (Å²) in [5, 5.41) is 8.68. The molecular formula is C12H19BrN2O. The molecule has 3 nitrogen and oxygen atoms in total. The van der Waals surface area contributed by atoms with Crippen LogP contribution in [0.3, 0.4) is 0 Å². The zero-order valence-electron chi connectivity index (χ0n) is 9.91. The summed E-state index contributed by atoms with van der Waals surface area (Å²) < 4.78 is 1.05. The molecule has 1 rings (SSSR count). The van der Waals surface area contributed by atoms with Crippen LogP contribution in [0.2, 0.25) is 0 Å². The zero-order chi connectivity index (χ0) is 12.0. The van der Waals surface area contributed by atoms with Gasteiger partial charge >= 0.3 is 0 Å². The van der Waals surface area contributed by atoms with Crippen LogP contribution in [0.4, 0.5) is 5.82 Å². The predicted octanol–water partition coefficient (Wildman–Crippen LogP) is 2.75. The lowest BCUT2D eigenvalue weighted by Crippen LogP contribution is -2.19. The van der Waals surface area contributed by atoms with Gasteiger partial charge in [0, 0.05) is 30.9 Å². The summed E-state index contributed by atoms with van der Waals surface area (Å²) in [5.41, 5.74) is 1.20. The van der Waals surface area contributed by atoms with Gasteiger partial charge < -0.3 is 10.0 Å². The van der Waals surface area contributed by atoms with Gasteiger partial charge in [-0.2, -0.15) is 0 Å². The molecule has 4 heteroatoms. The van der Waals surface area contributed by atoms with Gasteiger partial charge in [-0.25, -0.2) is 4.98 Å². The average molecular weight is 287 g/mol. The van der Waals surface area contributed by atoms with Gasteiger partial charge in [-0.15, -0.1) is 0 Å². The van der Waals surface area contributed by atoms with Gasteiger partial charge in [0.25, 0.3) is 0 Å². The Morgan fingerprint density at radius 2 is 2.12 bits per heavy atom. The van der Waals surface area contributed by atoms with Crippen molar-refractivity contribution in [3.8, 4) is 0 Å². The summed E-state index contributed by atoms with van der Waals surface area (Å²) in [6.45, 7) is 3.34. The van der Waals surface area contributed by atoms with E-state index in [0.717, 1.165) is 36.1 Å². The van der Waals surface area contributed by atoms with E-state index in [-0.39, 0.29) is 0 Å². The molecule has 0 atom stereocenters. The Kier molecular flexibility index (Phi) is 5.77. The Labute approximate surface area is 106 Å². The van der Waals surface area contributed by atoms with Crippen LogP contribution in [-0.2, 0) is 0 Å². The van der Waals surface area contributed by atoms with E-state index in [0.29, 0.717) is 6.61 Å². The van der Waals surface area contributed by atoms with Crippen molar-refractivity contribution in [2.45, 2.75) is 26.2 Å². The fourth-order valence-corrected chi connectivity index (χ4v) is 1.70. The molecule has 0 bridgehead atoms. The van der Waals surface area contributed by atoms with Crippen molar-refractivity contribution in [1.82, 2.24) is 4.98 Å². The standard InChI is InChI=1S/C12H19BrN2O/c1-10-8-12(14-9-11(10)13)15(2)6-4-3-5-7-16/h8-9,16H,3-7H2,1-2H3. The van der Waals surface area contributed by atoms with Crippen molar-refractivity contribution in [2.75, 3.05) is 25.1 Å². The Hall–Kier alpha value is -0.610. The third-order valence-corrected chi connectivity index (χ3v) is 3.41. The summed E-state index contributed by atoms with van der Waals surface area (Å²) >= 11 is 3.44. The first kappa shape index (κ1) is 13.5. The Bertz CT molecular complexity index is 331. The second-order valence-corrected chi connectivity index (χ2v) is 4.85. The third kappa shape index (κ3) is 4.10. The maximum atomic E-state index is 8.68. The topological polar surface area (TPSA) is 36.4 Å². The van der Waals surface area contributed by atoms with E-state index >= 15 is 0 Å². The number of hydrogen-bond acceptors (Lipinski definition) is 3. The SMILES string of the molecule is Cc1cc(N(C)CCCCCO)ncc1Br. The van der Waals surface area contributed by atoms with Crippen molar-refractivity contribution < 1.29 is 5.11 Å². The summed E-state index contributed by atoms with van der Waals surface area (Å²) in [4.78, 5) is 6.52. The number of halogens is 1. The maximum absolute atomic E-state index is 8.68. The van der Waals surface area contributed by atoms with Crippen LogP contribution in [-0.4, -0.2) is 30.3 Å². The highest BCUT2D eigenvalue weighted by molar-refractivity contribution is 9.10. The predicted molar refractivity (Wildman–Crippen MR) is 70.9 cm³/mol. The second-order valence-electron chi connectivity index (χ2n) is 4.00. The molecule has 1 aromatic rings. The van der Waals surface area contributed by atoms with Crippen LogP contribution >= 0.6 is 15.9 Å². The van der Waals surface area contributed by atoms with E-state index in [1.165, 1.54) is 5.56 Å². The van der Waals surface area contributed by atoms with Gasteiger partial charge in [0.1, 0.15) is 5.82 Å². The zero-order valence-corrected chi connectivity index (χ0v) is 11.5. The van der Waals surface area contributed by atoms with Gasteiger partial charge in [0.05, 0.1) is 0 Å². The van der Waals surface area contributed by atoms with Crippen LogP contribution in [0.1, 0.15) is 24.8 Å². The van der Waals surface area contributed by atoms with Crippen molar-refractivity contribution in [1.29, 1.82) is 0 Å². The molecule has 0 radical (unpaired) electrons. The van der Waals surface area contributed by atoms with Crippen LogP contribution < -0.4 is 4.90 Å². The normalized spacial score (nSPS) is 10.5. The van der Waals surface area contributed by atoms with Crippen molar-refractivity contribution >= 4 is 21.7 Å². The van der Waals surface area contributed by atoms with Crippen LogP contribution in [0.15, 0.2) is 16.7 Å². The number of aliphatic hydroxyl groups is 1. The highest BCUT2D eigenvalue weighted by Crippen LogP contribution is 2.19. The summed E-state index contributed by atoms with van der Waals surface area (Å²) in [5.74, 6) is 1.00. The Morgan fingerprint density at radius 1 is 1.38 bits per heavy atom. The molecule has 1 heterocycles. The highest BCUT2D eigenvalue weighted by Gasteiger charge is 2.03. The molecule has 1 aromatic heterocycles. The fraction of sp³-hybridized carbons (Fsp3) is 0.583. The minimum Gasteiger partial charge on any atom is -0.396 e. The molecule has 0 aliphatic heterocycles. The molecule has 0 unspecified atom stereocenters. The summed E-state index contributed by atoms with van der Waals surface area (Å²) in [6, 6.07) is 2.08. The fourth-order valence-electron chi connectivity index (χ4n) is 1.49. The molecule has 16 heavy (non-hydrogen) atoms. The highest BCUT2D eigenvalue weighted by atomic mass is 79.9.